The number of anilines is 1. The number of nitrogen functional groups attached to an aromatic ring is 1. The summed E-state index contributed by atoms with van der Waals surface area (Å²) in [6, 6.07) is 27.1. The molecule has 4 aromatic carbocycles. The van der Waals surface area contributed by atoms with E-state index in [1.165, 1.54) is 19.2 Å². The van der Waals surface area contributed by atoms with Crippen LogP contribution in [0.1, 0.15) is 41.9 Å². The van der Waals surface area contributed by atoms with Gasteiger partial charge in [0.1, 0.15) is 6.04 Å². The van der Waals surface area contributed by atoms with Crippen LogP contribution in [0, 0.1) is 0 Å². The van der Waals surface area contributed by atoms with Gasteiger partial charge in [-0.05, 0) is 52.9 Å². The standard InChI is InChI=1S/C35H39N3O6S/c1-3-38(45(42,43)31-19-17-29(36)18-20-31)30(24-39)22-25-11-10-12-26(21-25)23-32(40)34(37-35(41)44-2)33(27-13-6-4-7-14-27)28-15-8-5-9-16-28/h4-21,30,33-34,39H,3,22-24,36H2,1-2H3,(H,37,41)/t30-,34+/m0/s1/i1D3,3D2. The van der Waals surface area contributed by atoms with Crippen LogP contribution in [0.2, 0.25) is 0 Å². The fraction of sp³-hybridized carbons (Fsp3) is 0.257. The average Bonchev–Trinajstić information content (AvgIpc) is 3.08. The van der Waals surface area contributed by atoms with Crippen molar-refractivity contribution >= 4 is 27.6 Å². The van der Waals surface area contributed by atoms with Gasteiger partial charge in [-0.3, -0.25) is 4.79 Å². The zero-order valence-electron chi connectivity index (χ0n) is 29.7. The van der Waals surface area contributed by atoms with E-state index < -0.39 is 59.0 Å². The second-order valence-corrected chi connectivity index (χ2v) is 12.2. The highest BCUT2D eigenvalue weighted by Crippen LogP contribution is 2.30. The first-order chi connectivity index (χ1) is 23.6. The van der Waals surface area contributed by atoms with Crippen LogP contribution in [0.3, 0.4) is 0 Å². The lowest BCUT2D eigenvalue weighted by atomic mass is 9.82. The lowest BCUT2D eigenvalue weighted by Gasteiger charge is -2.29. The number of carbonyl (C=O) groups is 2. The molecule has 0 saturated heterocycles. The fourth-order valence-corrected chi connectivity index (χ4v) is 6.57. The minimum absolute atomic E-state index is 0.175. The zero-order chi connectivity index (χ0) is 36.7. The molecule has 4 rings (SSSR count). The number of nitrogens with one attached hydrogen (secondary N) is 1. The molecule has 0 saturated carbocycles. The Morgan fingerprint density at radius 1 is 0.933 bits per heavy atom. The van der Waals surface area contributed by atoms with Gasteiger partial charge in [-0.15, -0.1) is 0 Å². The molecule has 0 aliphatic rings. The number of benzene rings is 4. The molecule has 10 heteroatoms. The molecular formula is C35H39N3O6S. The maximum Gasteiger partial charge on any atom is 0.407 e. The largest absolute Gasteiger partial charge is 0.453 e. The second-order valence-electron chi connectivity index (χ2n) is 10.4. The Hall–Kier alpha value is -4.51. The van der Waals surface area contributed by atoms with Crippen LogP contribution in [-0.2, 0) is 32.4 Å². The van der Waals surface area contributed by atoms with Gasteiger partial charge in [0.25, 0.3) is 0 Å². The number of likely N-dealkylation sites (N-methyl/N-ethyl adjacent to an activating group) is 1. The van der Waals surface area contributed by atoms with Gasteiger partial charge in [-0.1, -0.05) is 91.8 Å². The van der Waals surface area contributed by atoms with Crippen molar-refractivity contribution < 1.29 is 34.7 Å². The van der Waals surface area contributed by atoms with Crippen LogP contribution in [0.15, 0.2) is 114 Å². The number of ketones is 1. The van der Waals surface area contributed by atoms with Crippen molar-refractivity contribution in [3.05, 3.63) is 131 Å². The quantitative estimate of drug-likeness (QED) is 0.173. The summed E-state index contributed by atoms with van der Waals surface area (Å²) in [5, 5.41) is 13.1. The Morgan fingerprint density at radius 2 is 1.53 bits per heavy atom. The number of methoxy groups -OCH3 is 1. The molecule has 4 N–H and O–H groups in total. The van der Waals surface area contributed by atoms with Crippen molar-refractivity contribution in [2.45, 2.75) is 42.6 Å². The first kappa shape index (κ1) is 26.9. The van der Waals surface area contributed by atoms with Crippen LogP contribution in [-0.4, -0.2) is 62.0 Å². The summed E-state index contributed by atoms with van der Waals surface area (Å²) >= 11 is 0. The van der Waals surface area contributed by atoms with Crippen molar-refractivity contribution in [2.75, 3.05) is 25.9 Å². The van der Waals surface area contributed by atoms with Gasteiger partial charge in [0.15, 0.2) is 5.78 Å². The molecule has 2 atom stereocenters. The summed E-state index contributed by atoms with van der Waals surface area (Å²) in [7, 11) is -3.63. The van der Waals surface area contributed by atoms with E-state index in [0.29, 0.717) is 11.1 Å². The molecule has 1 amide bonds. The molecule has 0 bridgehead atoms. The SMILES string of the molecule is [2H]C([2H])([2H])C([2H])([2H])N([C@H](CO)Cc1cccc(CC(=O)[C@@H](NC(=O)OC)C(c2ccccc2)c2ccccc2)c1)S(=O)(=O)c1ccc(N)cc1. The second kappa shape index (κ2) is 15.5. The number of amides is 1. The minimum atomic E-state index is -4.83. The van der Waals surface area contributed by atoms with Crippen LogP contribution in [0.4, 0.5) is 10.5 Å². The summed E-state index contributed by atoms with van der Waals surface area (Å²) in [6.07, 6.45) is -1.28. The number of carbonyl (C=O) groups excluding carboxylic acids is 2. The van der Waals surface area contributed by atoms with Gasteiger partial charge < -0.3 is 20.9 Å². The molecule has 4 aromatic rings. The highest BCUT2D eigenvalue weighted by Gasteiger charge is 2.33. The van der Waals surface area contributed by atoms with Gasteiger partial charge in [0.05, 0.1) is 24.7 Å². The number of hydrogen-bond acceptors (Lipinski definition) is 7. The van der Waals surface area contributed by atoms with Crippen molar-refractivity contribution in [3.63, 3.8) is 0 Å². The number of aliphatic hydroxyl groups excluding tert-OH is 1. The number of hydrogen-bond donors (Lipinski definition) is 3. The molecule has 45 heavy (non-hydrogen) atoms. The average molecular weight is 635 g/mol. The van der Waals surface area contributed by atoms with Crippen molar-refractivity contribution in [1.29, 1.82) is 0 Å². The summed E-state index contributed by atoms with van der Waals surface area (Å²) < 4.78 is 73.1. The maximum atomic E-state index is 14.1. The van der Waals surface area contributed by atoms with Gasteiger partial charge in [0, 0.05) is 31.4 Å². The lowest BCUT2D eigenvalue weighted by Crippen LogP contribution is -2.46. The first-order valence-electron chi connectivity index (χ1n) is 16.7. The lowest BCUT2D eigenvalue weighted by molar-refractivity contribution is -0.120. The number of Topliss-reactive ketones (excluding diaryl/α,β-unsaturated/α-hetero) is 1. The van der Waals surface area contributed by atoms with Crippen LogP contribution < -0.4 is 11.1 Å². The molecule has 9 nitrogen and oxygen atoms in total. The third-order valence-electron chi connectivity index (χ3n) is 7.39. The summed E-state index contributed by atoms with van der Waals surface area (Å²) in [4.78, 5) is 26.2. The molecule has 0 spiro atoms. The molecule has 0 radical (unpaired) electrons. The highest BCUT2D eigenvalue weighted by atomic mass is 32.2. The van der Waals surface area contributed by atoms with E-state index in [-0.39, 0.29) is 28.6 Å². The monoisotopic (exact) mass is 634 g/mol. The minimum Gasteiger partial charge on any atom is -0.453 e. The predicted octanol–water partition coefficient (Wildman–Crippen LogP) is 4.55. The molecule has 0 unspecified atom stereocenters. The number of rotatable bonds is 14. The van der Waals surface area contributed by atoms with Crippen LogP contribution in [0.5, 0.6) is 0 Å². The number of ether oxygens (including phenoxy) is 1. The third-order valence-corrected chi connectivity index (χ3v) is 9.16. The van der Waals surface area contributed by atoms with Crippen molar-refractivity contribution in [1.82, 2.24) is 9.62 Å². The fourth-order valence-electron chi connectivity index (χ4n) is 5.21. The number of nitrogens with zero attached hydrogens (tertiary/aromatic N) is 1. The van der Waals surface area contributed by atoms with Gasteiger partial charge >= 0.3 is 6.09 Å². The van der Waals surface area contributed by atoms with Crippen molar-refractivity contribution in [2.24, 2.45) is 0 Å². The third kappa shape index (κ3) is 8.36. The smallest absolute Gasteiger partial charge is 0.407 e. The summed E-state index contributed by atoms with van der Waals surface area (Å²) in [6.45, 7) is -7.77. The van der Waals surface area contributed by atoms with Gasteiger partial charge in [0.2, 0.25) is 10.0 Å². The van der Waals surface area contributed by atoms with E-state index in [2.05, 4.69) is 5.32 Å². The van der Waals surface area contributed by atoms with Crippen LogP contribution in [0.25, 0.3) is 0 Å². The van der Waals surface area contributed by atoms with Gasteiger partial charge in [-0.2, -0.15) is 4.31 Å². The Balaban J connectivity index is 1.69. The number of alkyl carbamates (subject to hydrolysis) is 1. The molecule has 0 aromatic heterocycles. The van der Waals surface area contributed by atoms with Crippen LogP contribution >= 0.6 is 0 Å². The molecule has 0 heterocycles. The Kier molecular flexibility index (Phi) is 9.23. The van der Waals surface area contributed by atoms with E-state index in [1.807, 2.05) is 60.7 Å². The van der Waals surface area contributed by atoms with E-state index in [0.717, 1.165) is 23.3 Å². The number of aliphatic hydroxyl groups is 1. The van der Waals surface area contributed by atoms with Gasteiger partial charge in [-0.25, -0.2) is 13.2 Å². The zero-order valence-corrected chi connectivity index (χ0v) is 25.5. The normalized spacial score (nSPS) is 15.2. The predicted molar refractivity (Wildman–Crippen MR) is 174 cm³/mol. The topological polar surface area (TPSA) is 139 Å². The molecule has 236 valence electrons. The highest BCUT2D eigenvalue weighted by molar-refractivity contribution is 7.89. The molecule has 0 aliphatic heterocycles. The Morgan fingerprint density at radius 3 is 2.09 bits per heavy atom. The first-order valence-corrected chi connectivity index (χ1v) is 15.6. The Bertz CT molecular complexity index is 1820. The Labute approximate surface area is 271 Å². The summed E-state index contributed by atoms with van der Waals surface area (Å²) in [5.41, 5.74) is 8.37. The number of nitrogens with two attached hydrogens (primary N) is 1. The van der Waals surface area contributed by atoms with Crippen molar-refractivity contribution in [3.8, 4) is 0 Å². The molecular weight excluding hydrogens is 590 g/mol. The van der Waals surface area contributed by atoms with E-state index in [1.54, 1.807) is 24.3 Å². The molecule has 0 aliphatic carbocycles. The summed E-state index contributed by atoms with van der Waals surface area (Å²) in [5.74, 6) is -0.949. The van der Waals surface area contributed by atoms with E-state index in [9.17, 15) is 23.1 Å². The van der Waals surface area contributed by atoms with E-state index in [4.69, 9.17) is 17.3 Å². The maximum absolute atomic E-state index is 14.1. The van der Waals surface area contributed by atoms with E-state index >= 15 is 0 Å². The molecule has 0 fully saturated rings. The number of sulfonamides is 1.